The van der Waals surface area contributed by atoms with Crippen LogP contribution in [0.5, 0.6) is 0 Å². The van der Waals surface area contributed by atoms with Gasteiger partial charge in [-0.25, -0.2) is 4.79 Å². The summed E-state index contributed by atoms with van der Waals surface area (Å²) in [5.41, 5.74) is 1.15. The molecule has 6 N–H and O–H groups in total. The highest BCUT2D eigenvalue weighted by Gasteiger charge is 2.37. The molecule has 64 heavy (non-hydrogen) atoms. The maximum absolute atomic E-state index is 13.6. The van der Waals surface area contributed by atoms with Crippen molar-refractivity contribution in [2.45, 2.75) is 58.8 Å². The first-order valence-electron chi connectivity index (χ1n) is 21.5. The van der Waals surface area contributed by atoms with Crippen LogP contribution >= 0.6 is 11.8 Å². The Balaban J connectivity index is 1.29. The fraction of sp³-hybridized carbons (Fsp3) is 0.643. The number of anilines is 1. The number of carbonyl (C=O) groups is 9. The van der Waals surface area contributed by atoms with Gasteiger partial charge in [0.2, 0.25) is 23.6 Å². The van der Waals surface area contributed by atoms with Gasteiger partial charge in [0, 0.05) is 89.3 Å². The Kier molecular flexibility index (Phi) is 20.4. The van der Waals surface area contributed by atoms with Crippen molar-refractivity contribution in [1.82, 2.24) is 40.4 Å². The van der Waals surface area contributed by atoms with E-state index in [0.29, 0.717) is 37.5 Å². The van der Waals surface area contributed by atoms with Crippen molar-refractivity contribution in [2.24, 2.45) is 17.8 Å². The average Bonchev–Trinajstić information content (AvgIpc) is 3.70. The van der Waals surface area contributed by atoms with Crippen molar-refractivity contribution in [3.05, 3.63) is 29.8 Å². The predicted octanol–water partition coefficient (Wildman–Crippen LogP) is -0.438. The van der Waals surface area contributed by atoms with Crippen LogP contribution < -0.4 is 21.3 Å². The van der Waals surface area contributed by atoms with Crippen LogP contribution in [0.25, 0.3) is 0 Å². The summed E-state index contributed by atoms with van der Waals surface area (Å²) in [7, 11) is 0. The number of ketones is 1. The number of carboxylic acid groups (broad SMARTS) is 2. The lowest BCUT2D eigenvalue weighted by atomic mass is 9.87. The van der Waals surface area contributed by atoms with Gasteiger partial charge in [0.25, 0.3) is 0 Å². The van der Waals surface area contributed by atoms with Crippen LogP contribution in [0.15, 0.2) is 24.3 Å². The molecule has 3 aliphatic heterocycles. The number of ether oxygens (including phenoxy) is 1. The maximum Gasteiger partial charge on any atom is 0.321 e. The first-order chi connectivity index (χ1) is 30.4. The van der Waals surface area contributed by atoms with Gasteiger partial charge in [-0.2, -0.15) is 11.8 Å². The van der Waals surface area contributed by atoms with E-state index in [0.717, 1.165) is 10.5 Å². The third kappa shape index (κ3) is 16.8. The number of hydrogen-bond acceptors (Lipinski definition) is 15. The standard InChI is InChI=1S/C42H63N9O12S/c1-27(2)31(40(60)43-10-11-51-35(54)19-28(3)41(51)61)20-33(52)32(9-18-64-4)46-42(62)45-30-7-5-29(6-8-30)21-44-34(53)22-49-15-14-47(24-37(55)56)12-13-48(25-38(57)58)16-17-50-26-39(59)63-36(50)23-49/h5-8,27-28,31-32,36H,9-26H2,1-4H3,(H,43,60)(H,44,53)(H,55,56)(H,57,58)(H2,45,46,62)/t28?,31-,32-,36?/m0/s1. The molecule has 6 amide bonds. The molecular weight excluding hydrogens is 855 g/mol. The highest BCUT2D eigenvalue weighted by molar-refractivity contribution is 7.98. The molecule has 4 atom stereocenters. The summed E-state index contributed by atoms with van der Waals surface area (Å²) in [5.74, 6) is -4.77. The summed E-state index contributed by atoms with van der Waals surface area (Å²) < 4.78 is 5.56. The minimum absolute atomic E-state index is 0.0237. The molecule has 3 fully saturated rings. The summed E-state index contributed by atoms with van der Waals surface area (Å²) in [6.45, 7) is 6.98. The van der Waals surface area contributed by atoms with Gasteiger partial charge in [0.05, 0.1) is 38.8 Å². The fourth-order valence-corrected chi connectivity index (χ4v) is 8.13. The van der Waals surface area contributed by atoms with E-state index in [1.54, 1.807) is 50.8 Å². The van der Waals surface area contributed by atoms with Gasteiger partial charge >= 0.3 is 23.9 Å². The van der Waals surface area contributed by atoms with Crippen molar-refractivity contribution in [3.8, 4) is 0 Å². The number of fused-ring (bicyclic) bond motifs is 1. The van der Waals surface area contributed by atoms with Crippen molar-refractivity contribution in [3.63, 3.8) is 0 Å². The number of carbonyl (C=O) groups excluding carboxylic acids is 7. The topological polar surface area (TPSA) is 268 Å². The molecule has 0 aromatic heterocycles. The fourth-order valence-electron chi connectivity index (χ4n) is 7.66. The highest BCUT2D eigenvalue weighted by atomic mass is 32.2. The quantitative estimate of drug-likeness (QED) is 0.0675. The number of thioether (sulfide) groups is 1. The summed E-state index contributed by atoms with van der Waals surface area (Å²) >= 11 is 1.51. The van der Waals surface area contributed by atoms with Crippen molar-refractivity contribution in [2.75, 3.05) is 102 Å². The van der Waals surface area contributed by atoms with E-state index in [1.165, 1.54) is 11.8 Å². The predicted molar refractivity (Wildman–Crippen MR) is 235 cm³/mol. The van der Waals surface area contributed by atoms with Crippen LogP contribution in [0.1, 0.15) is 45.6 Å². The first-order valence-corrected chi connectivity index (χ1v) is 22.9. The number of hydrogen-bond donors (Lipinski definition) is 6. The molecule has 0 radical (unpaired) electrons. The van der Waals surface area contributed by atoms with Gasteiger partial charge < -0.3 is 36.2 Å². The van der Waals surface area contributed by atoms with E-state index in [4.69, 9.17) is 4.74 Å². The third-order valence-electron chi connectivity index (χ3n) is 11.3. The van der Waals surface area contributed by atoms with E-state index in [-0.39, 0.29) is 126 Å². The number of nitrogens with zero attached hydrogens (tertiary/aromatic N) is 5. The molecule has 4 rings (SSSR count). The van der Waals surface area contributed by atoms with Crippen molar-refractivity contribution in [1.29, 1.82) is 0 Å². The van der Waals surface area contributed by atoms with E-state index < -0.39 is 42.1 Å². The first kappa shape index (κ1) is 51.5. The Morgan fingerprint density at radius 1 is 0.859 bits per heavy atom. The molecule has 0 aliphatic carbocycles. The monoisotopic (exact) mass is 917 g/mol. The second kappa shape index (κ2) is 25.4. The number of carboxylic acids is 2. The molecule has 0 spiro atoms. The SMILES string of the molecule is CSCC[C@H](NC(=O)Nc1ccc(CNC(=O)CN2CCN(CC(=O)O)CCN(CC(=O)O)CCN3CC(=O)OC3C2)cc1)C(=O)C[C@H](C(=O)NCCN1C(=O)CC(C)C1=O)C(C)C. The van der Waals surface area contributed by atoms with Crippen molar-refractivity contribution < 1.29 is 58.1 Å². The summed E-state index contributed by atoms with van der Waals surface area (Å²) in [4.78, 5) is 121. The molecule has 0 saturated carbocycles. The second-order valence-corrected chi connectivity index (χ2v) is 17.7. The number of benzene rings is 1. The van der Waals surface area contributed by atoms with Gasteiger partial charge in [-0.05, 0) is 42.0 Å². The number of urea groups is 1. The van der Waals surface area contributed by atoms with Crippen molar-refractivity contribution >= 4 is 70.8 Å². The molecule has 0 bridgehead atoms. The zero-order valence-electron chi connectivity index (χ0n) is 37.0. The van der Waals surface area contributed by atoms with Gasteiger partial charge in [0.1, 0.15) is 0 Å². The molecular formula is C42H63N9O12S. The van der Waals surface area contributed by atoms with Crippen LogP contribution in [-0.4, -0.2) is 197 Å². The molecule has 354 valence electrons. The zero-order chi connectivity index (χ0) is 46.9. The summed E-state index contributed by atoms with van der Waals surface area (Å²) in [6.07, 6.45) is 1.57. The average molecular weight is 918 g/mol. The van der Waals surface area contributed by atoms with Crippen LogP contribution in [0.4, 0.5) is 10.5 Å². The van der Waals surface area contributed by atoms with E-state index in [1.807, 2.05) is 20.1 Å². The van der Waals surface area contributed by atoms with E-state index in [2.05, 4.69) is 21.3 Å². The Labute approximate surface area is 377 Å². The zero-order valence-corrected chi connectivity index (χ0v) is 37.9. The van der Waals surface area contributed by atoms with Gasteiger partial charge in [-0.3, -0.25) is 62.9 Å². The van der Waals surface area contributed by atoms with Gasteiger partial charge in [-0.1, -0.05) is 32.9 Å². The number of Topliss-reactive ketones (excluding diaryl/α,β-unsaturated/α-hetero) is 1. The summed E-state index contributed by atoms with van der Waals surface area (Å²) in [5, 5.41) is 30.0. The molecule has 1 aromatic rings. The van der Waals surface area contributed by atoms with Crippen LogP contribution in [-0.2, 0) is 49.6 Å². The largest absolute Gasteiger partial charge is 0.480 e. The number of amides is 6. The van der Waals surface area contributed by atoms with Gasteiger partial charge in [0.15, 0.2) is 12.0 Å². The number of likely N-dealkylation sites (tertiary alicyclic amines) is 1. The number of aliphatic carboxylic acids is 2. The Morgan fingerprint density at radius 3 is 2.06 bits per heavy atom. The molecule has 2 unspecified atom stereocenters. The minimum atomic E-state index is -1.04. The normalized spacial score (nSPS) is 20.4. The van der Waals surface area contributed by atoms with Crippen LogP contribution in [0, 0.1) is 17.8 Å². The Bertz CT molecular complexity index is 1840. The van der Waals surface area contributed by atoms with Crippen LogP contribution in [0.2, 0.25) is 0 Å². The van der Waals surface area contributed by atoms with E-state index >= 15 is 0 Å². The maximum atomic E-state index is 13.6. The molecule has 3 aliphatic rings. The highest BCUT2D eigenvalue weighted by Crippen LogP contribution is 2.21. The molecule has 3 heterocycles. The number of esters is 1. The molecule has 21 nitrogen and oxygen atoms in total. The third-order valence-corrected chi connectivity index (χ3v) is 12.0. The lowest BCUT2D eigenvalue weighted by Crippen LogP contribution is -2.51. The second-order valence-electron chi connectivity index (χ2n) is 16.7. The van der Waals surface area contributed by atoms with Gasteiger partial charge in [-0.15, -0.1) is 0 Å². The number of nitrogens with one attached hydrogen (secondary N) is 4. The lowest BCUT2D eigenvalue weighted by molar-refractivity contribution is -0.143. The number of rotatable bonds is 21. The number of imide groups is 1. The molecule has 1 aromatic carbocycles. The lowest BCUT2D eigenvalue weighted by Gasteiger charge is -2.33. The summed E-state index contributed by atoms with van der Waals surface area (Å²) in [6, 6.07) is 5.26. The Morgan fingerprint density at radius 2 is 1.48 bits per heavy atom. The van der Waals surface area contributed by atoms with E-state index in [9.17, 15) is 53.4 Å². The molecule has 3 saturated heterocycles. The molecule has 22 heteroatoms. The van der Waals surface area contributed by atoms with Crippen LogP contribution in [0.3, 0.4) is 0 Å². The Hall–Kier alpha value is -5.16. The minimum Gasteiger partial charge on any atom is -0.480 e. The smallest absolute Gasteiger partial charge is 0.321 e.